The van der Waals surface area contributed by atoms with Crippen molar-refractivity contribution >= 4 is 15.9 Å². The summed E-state index contributed by atoms with van der Waals surface area (Å²) in [7, 11) is 0. The minimum Gasteiger partial charge on any atom is -0.269 e. The summed E-state index contributed by atoms with van der Waals surface area (Å²) in [6, 6.07) is 2.92. The van der Waals surface area contributed by atoms with Crippen LogP contribution in [0, 0.1) is 5.92 Å². The number of rotatable bonds is 3. The molecule has 18 heavy (non-hydrogen) atoms. The van der Waals surface area contributed by atoms with Crippen LogP contribution in [-0.2, 0) is 6.42 Å². The molecule has 0 aliphatic heterocycles. The minimum absolute atomic E-state index is 0.677. The lowest BCUT2D eigenvalue weighted by atomic mass is 9.96. The van der Waals surface area contributed by atoms with E-state index in [1.165, 1.54) is 57.1 Å². The van der Waals surface area contributed by atoms with Gasteiger partial charge in [-0.2, -0.15) is 5.10 Å². The van der Waals surface area contributed by atoms with Gasteiger partial charge in [0.05, 0.1) is 11.7 Å². The van der Waals surface area contributed by atoms with E-state index < -0.39 is 0 Å². The standard InChI is InChI=1S/C15H23BrN2/c16-15-8-4-5-12(15)11-13-9-10-18(17-13)14-6-2-1-3-7-14/h9-10,12,14-15H,1-8,11H2. The van der Waals surface area contributed by atoms with Crippen LogP contribution in [0.2, 0.25) is 0 Å². The Bertz CT molecular complexity index is 382. The van der Waals surface area contributed by atoms with Gasteiger partial charge in [-0.05, 0) is 44.1 Å². The van der Waals surface area contributed by atoms with E-state index in [0.717, 1.165) is 17.2 Å². The zero-order valence-electron chi connectivity index (χ0n) is 11.0. The molecule has 0 bridgehead atoms. The Labute approximate surface area is 118 Å². The van der Waals surface area contributed by atoms with Crippen molar-refractivity contribution in [1.29, 1.82) is 0 Å². The highest BCUT2D eigenvalue weighted by atomic mass is 79.9. The summed E-state index contributed by atoms with van der Waals surface area (Å²) in [5.74, 6) is 0.805. The van der Waals surface area contributed by atoms with Crippen LogP contribution < -0.4 is 0 Å². The molecule has 2 atom stereocenters. The molecule has 2 unspecified atom stereocenters. The molecule has 0 amide bonds. The number of aromatic nitrogens is 2. The first kappa shape index (κ1) is 12.7. The fourth-order valence-electron chi connectivity index (χ4n) is 3.53. The van der Waals surface area contributed by atoms with Crippen molar-refractivity contribution in [2.24, 2.45) is 5.92 Å². The average molecular weight is 311 g/mol. The average Bonchev–Trinajstić information content (AvgIpc) is 3.02. The van der Waals surface area contributed by atoms with E-state index in [1.54, 1.807) is 0 Å². The maximum absolute atomic E-state index is 4.83. The van der Waals surface area contributed by atoms with Gasteiger partial charge in [0.2, 0.25) is 0 Å². The fourth-order valence-corrected chi connectivity index (χ4v) is 4.30. The van der Waals surface area contributed by atoms with Crippen molar-refractivity contribution < 1.29 is 0 Å². The van der Waals surface area contributed by atoms with Gasteiger partial charge >= 0.3 is 0 Å². The molecule has 2 nitrogen and oxygen atoms in total. The van der Waals surface area contributed by atoms with Gasteiger partial charge in [-0.15, -0.1) is 0 Å². The second-order valence-corrected chi connectivity index (χ2v) is 7.17. The summed E-state index contributed by atoms with van der Waals surface area (Å²) >= 11 is 3.81. The van der Waals surface area contributed by atoms with E-state index in [0.29, 0.717) is 6.04 Å². The molecule has 2 fully saturated rings. The van der Waals surface area contributed by atoms with Gasteiger partial charge in [0.1, 0.15) is 0 Å². The molecule has 1 aromatic rings. The number of hydrogen-bond acceptors (Lipinski definition) is 1. The molecule has 2 saturated carbocycles. The maximum atomic E-state index is 4.83. The van der Waals surface area contributed by atoms with Crippen LogP contribution in [0.25, 0.3) is 0 Å². The third-order valence-electron chi connectivity index (χ3n) is 4.65. The number of hydrogen-bond donors (Lipinski definition) is 0. The third kappa shape index (κ3) is 2.81. The Morgan fingerprint density at radius 1 is 1.11 bits per heavy atom. The van der Waals surface area contributed by atoms with E-state index in [-0.39, 0.29) is 0 Å². The second-order valence-electron chi connectivity index (χ2n) is 5.99. The molecule has 0 radical (unpaired) electrons. The Hall–Kier alpha value is -0.310. The number of halogens is 1. The smallest absolute Gasteiger partial charge is 0.0627 e. The summed E-state index contributed by atoms with van der Waals surface area (Å²) in [6.07, 6.45) is 14.3. The summed E-state index contributed by atoms with van der Waals surface area (Å²) in [5.41, 5.74) is 1.30. The quantitative estimate of drug-likeness (QED) is 0.752. The Morgan fingerprint density at radius 3 is 2.67 bits per heavy atom. The topological polar surface area (TPSA) is 17.8 Å². The van der Waals surface area contributed by atoms with E-state index in [2.05, 4.69) is 32.9 Å². The molecule has 3 heteroatoms. The van der Waals surface area contributed by atoms with Crippen molar-refractivity contribution in [2.75, 3.05) is 0 Å². The largest absolute Gasteiger partial charge is 0.269 e. The predicted octanol–water partition coefficient (Wildman–Crippen LogP) is 4.49. The van der Waals surface area contributed by atoms with Gasteiger partial charge in [0.25, 0.3) is 0 Å². The molecule has 2 aliphatic rings. The minimum atomic E-state index is 0.677. The van der Waals surface area contributed by atoms with Crippen LogP contribution in [-0.4, -0.2) is 14.6 Å². The zero-order chi connectivity index (χ0) is 12.4. The Balaban J connectivity index is 1.62. The second kappa shape index (κ2) is 5.77. The van der Waals surface area contributed by atoms with Crippen LogP contribution in [0.3, 0.4) is 0 Å². The van der Waals surface area contributed by atoms with Crippen molar-refractivity contribution in [1.82, 2.24) is 9.78 Å². The lowest BCUT2D eigenvalue weighted by Gasteiger charge is -2.21. The molecule has 0 saturated heterocycles. The highest BCUT2D eigenvalue weighted by molar-refractivity contribution is 9.09. The van der Waals surface area contributed by atoms with E-state index in [9.17, 15) is 0 Å². The monoisotopic (exact) mass is 310 g/mol. The van der Waals surface area contributed by atoms with Gasteiger partial charge in [0, 0.05) is 11.0 Å². The molecule has 1 heterocycles. The molecule has 3 rings (SSSR count). The molecule has 1 aromatic heterocycles. The van der Waals surface area contributed by atoms with Gasteiger partial charge in [-0.1, -0.05) is 41.6 Å². The molecule has 0 aromatic carbocycles. The highest BCUT2D eigenvalue weighted by Gasteiger charge is 2.26. The summed E-state index contributed by atoms with van der Waals surface area (Å²) in [6.45, 7) is 0. The van der Waals surface area contributed by atoms with Gasteiger partial charge in [-0.3, -0.25) is 4.68 Å². The third-order valence-corrected chi connectivity index (χ3v) is 5.86. The van der Waals surface area contributed by atoms with E-state index in [1.807, 2.05) is 0 Å². The van der Waals surface area contributed by atoms with Crippen LogP contribution in [0.5, 0.6) is 0 Å². The van der Waals surface area contributed by atoms with E-state index >= 15 is 0 Å². The van der Waals surface area contributed by atoms with Crippen LogP contribution in [0.15, 0.2) is 12.3 Å². The molecular formula is C15H23BrN2. The van der Waals surface area contributed by atoms with Gasteiger partial charge in [-0.25, -0.2) is 0 Å². The summed E-state index contributed by atoms with van der Waals surface area (Å²) in [5, 5.41) is 4.83. The van der Waals surface area contributed by atoms with Crippen molar-refractivity contribution in [3.63, 3.8) is 0 Å². The molecule has 0 spiro atoms. The van der Waals surface area contributed by atoms with Gasteiger partial charge in [0.15, 0.2) is 0 Å². The lowest BCUT2D eigenvalue weighted by Crippen LogP contribution is -2.14. The van der Waals surface area contributed by atoms with Crippen LogP contribution in [0.4, 0.5) is 0 Å². The molecule has 2 aliphatic carbocycles. The summed E-state index contributed by atoms with van der Waals surface area (Å²) < 4.78 is 2.24. The van der Waals surface area contributed by atoms with Crippen molar-refractivity contribution in [2.45, 2.75) is 68.7 Å². The van der Waals surface area contributed by atoms with Gasteiger partial charge < -0.3 is 0 Å². The van der Waals surface area contributed by atoms with Crippen LogP contribution in [0.1, 0.15) is 63.1 Å². The van der Waals surface area contributed by atoms with Crippen molar-refractivity contribution in [3.8, 4) is 0 Å². The molecular weight excluding hydrogens is 288 g/mol. The lowest BCUT2D eigenvalue weighted by molar-refractivity contribution is 0.327. The summed E-state index contributed by atoms with van der Waals surface area (Å²) in [4.78, 5) is 0.720. The Morgan fingerprint density at radius 2 is 1.94 bits per heavy atom. The predicted molar refractivity (Wildman–Crippen MR) is 78.1 cm³/mol. The van der Waals surface area contributed by atoms with Crippen LogP contribution >= 0.6 is 15.9 Å². The first-order valence-electron chi connectivity index (χ1n) is 7.51. The number of alkyl halides is 1. The van der Waals surface area contributed by atoms with E-state index in [4.69, 9.17) is 5.10 Å². The normalized spacial score (nSPS) is 29.8. The highest BCUT2D eigenvalue weighted by Crippen LogP contribution is 2.34. The molecule has 100 valence electrons. The maximum Gasteiger partial charge on any atom is 0.0627 e. The first-order valence-corrected chi connectivity index (χ1v) is 8.42. The zero-order valence-corrected chi connectivity index (χ0v) is 12.6. The SMILES string of the molecule is BrC1CCCC1Cc1ccn(C2CCCCC2)n1. The molecule has 0 N–H and O–H groups in total. The first-order chi connectivity index (χ1) is 8.83. The Kier molecular flexibility index (Phi) is 4.07. The van der Waals surface area contributed by atoms with Crippen molar-refractivity contribution in [3.05, 3.63) is 18.0 Å². The number of nitrogens with zero attached hydrogens (tertiary/aromatic N) is 2. The fraction of sp³-hybridized carbons (Fsp3) is 0.800.